The van der Waals surface area contributed by atoms with Gasteiger partial charge in [-0.05, 0) is 5.92 Å². The van der Waals surface area contributed by atoms with Crippen LogP contribution in [0.1, 0.15) is 13.8 Å². The van der Waals surface area contributed by atoms with E-state index in [4.69, 9.17) is 11.6 Å². The number of rotatable bonds is 1. The molecule has 0 aromatic rings. The Morgan fingerprint density at radius 3 is 2.44 bits per heavy atom. The van der Waals surface area contributed by atoms with E-state index in [0.29, 0.717) is 12.0 Å². The first-order valence-electron chi connectivity index (χ1n) is 3.34. The molecule has 1 fully saturated rings. The molecule has 1 saturated heterocycles. The lowest BCUT2D eigenvalue weighted by molar-refractivity contribution is 0.434. The minimum absolute atomic E-state index is 0.255. The Hall–Kier alpha value is 0.210. The van der Waals surface area contributed by atoms with E-state index < -0.39 is 0 Å². The summed E-state index contributed by atoms with van der Waals surface area (Å²) in [5.74, 6) is 0.613. The second kappa shape index (κ2) is 2.86. The summed E-state index contributed by atoms with van der Waals surface area (Å²) in [6.07, 6.45) is 0. The lowest BCUT2D eigenvalue weighted by Gasteiger charge is -2.16. The average molecular weight is 149 g/mol. The fourth-order valence-corrected chi connectivity index (χ4v) is 1.51. The zero-order valence-corrected chi connectivity index (χ0v) is 6.57. The third kappa shape index (κ3) is 1.57. The molecule has 1 aliphatic heterocycles. The van der Waals surface area contributed by atoms with Crippen LogP contribution >= 0.6 is 11.6 Å². The van der Waals surface area contributed by atoms with Gasteiger partial charge in [0, 0.05) is 12.6 Å². The molecule has 0 spiro atoms. The van der Waals surface area contributed by atoms with Gasteiger partial charge in [0.1, 0.15) is 0 Å². The number of hydrogen-bond donors (Lipinski definition) is 2. The predicted octanol–water partition coefficient (Wildman–Crippen LogP) is 0.726. The van der Waals surface area contributed by atoms with Gasteiger partial charge in [-0.15, -0.1) is 11.6 Å². The largest absolute Gasteiger partial charge is 0.256 e. The van der Waals surface area contributed by atoms with Crippen molar-refractivity contribution < 1.29 is 0 Å². The van der Waals surface area contributed by atoms with Crippen molar-refractivity contribution in [2.24, 2.45) is 5.92 Å². The van der Waals surface area contributed by atoms with Crippen LogP contribution in [0, 0.1) is 5.92 Å². The van der Waals surface area contributed by atoms with Crippen molar-refractivity contribution in [2.45, 2.75) is 25.3 Å². The molecule has 2 atom stereocenters. The fraction of sp³-hybridized carbons (Fsp3) is 1.00. The maximum absolute atomic E-state index is 5.95. The zero-order chi connectivity index (χ0) is 6.85. The second-order valence-electron chi connectivity index (χ2n) is 2.81. The lowest BCUT2D eigenvalue weighted by atomic mass is 10.0. The van der Waals surface area contributed by atoms with Crippen molar-refractivity contribution in [3.63, 3.8) is 0 Å². The number of nitrogens with one attached hydrogen (secondary N) is 2. The molecule has 2 N–H and O–H groups in total. The molecule has 2 nitrogen and oxygen atoms in total. The average Bonchev–Trinajstić information content (AvgIpc) is 2.13. The Balaban J connectivity index is 2.40. The number of halogens is 1. The molecule has 9 heavy (non-hydrogen) atoms. The summed E-state index contributed by atoms with van der Waals surface area (Å²) in [5, 5.41) is 0.255. The maximum Gasteiger partial charge on any atom is 0.0643 e. The van der Waals surface area contributed by atoms with Crippen LogP contribution in [0.5, 0.6) is 0 Å². The van der Waals surface area contributed by atoms with E-state index in [2.05, 4.69) is 24.7 Å². The lowest BCUT2D eigenvalue weighted by Crippen LogP contribution is -2.36. The third-order valence-electron chi connectivity index (χ3n) is 1.67. The van der Waals surface area contributed by atoms with E-state index in [1.54, 1.807) is 0 Å². The first kappa shape index (κ1) is 7.32. The molecule has 0 amide bonds. The molecule has 1 heterocycles. The van der Waals surface area contributed by atoms with Gasteiger partial charge in [0.25, 0.3) is 0 Å². The molecule has 0 aromatic carbocycles. The Kier molecular flexibility index (Phi) is 2.33. The molecule has 1 aliphatic rings. The Bertz CT molecular complexity index is 95.1. The van der Waals surface area contributed by atoms with E-state index in [0.717, 1.165) is 6.54 Å². The summed E-state index contributed by atoms with van der Waals surface area (Å²) < 4.78 is 0. The summed E-state index contributed by atoms with van der Waals surface area (Å²) in [4.78, 5) is 0. The summed E-state index contributed by atoms with van der Waals surface area (Å²) in [5.41, 5.74) is 6.15. The molecular formula is C6H13ClN2. The van der Waals surface area contributed by atoms with Crippen molar-refractivity contribution in [2.75, 3.05) is 6.54 Å². The SMILES string of the molecule is CC(C)C1NNCC1Cl. The van der Waals surface area contributed by atoms with E-state index in [1.165, 1.54) is 0 Å². The van der Waals surface area contributed by atoms with Crippen molar-refractivity contribution in [1.82, 2.24) is 10.9 Å². The van der Waals surface area contributed by atoms with E-state index in [-0.39, 0.29) is 5.38 Å². The summed E-state index contributed by atoms with van der Waals surface area (Å²) >= 11 is 5.95. The zero-order valence-electron chi connectivity index (χ0n) is 5.82. The normalized spacial score (nSPS) is 36.0. The van der Waals surface area contributed by atoms with Gasteiger partial charge in [0.15, 0.2) is 0 Å². The van der Waals surface area contributed by atoms with E-state index in [1.807, 2.05) is 0 Å². The van der Waals surface area contributed by atoms with Crippen molar-refractivity contribution >= 4 is 11.6 Å². The van der Waals surface area contributed by atoms with Gasteiger partial charge < -0.3 is 0 Å². The Morgan fingerprint density at radius 1 is 1.56 bits per heavy atom. The van der Waals surface area contributed by atoms with Gasteiger partial charge >= 0.3 is 0 Å². The van der Waals surface area contributed by atoms with Crippen LogP contribution in [0.2, 0.25) is 0 Å². The third-order valence-corrected chi connectivity index (χ3v) is 2.10. The maximum atomic E-state index is 5.95. The highest BCUT2D eigenvalue weighted by molar-refractivity contribution is 6.21. The topological polar surface area (TPSA) is 24.1 Å². The first-order chi connectivity index (χ1) is 4.22. The number of hydrazine groups is 1. The van der Waals surface area contributed by atoms with Crippen LogP contribution in [0.15, 0.2) is 0 Å². The van der Waals surface area contributed by atoms with Crippen molar-refractivity contribution in [3.05, 3.63) is 0 Å². The molecule has 3 heteroatoms. The highest BCUT2D eigenvalue weighted by Crippen LogP contribution is 2.13. The van der Waals surface area contributed by atoms with Crippen molar-refractivity contribution in [1.29, 1.82) is 0 Å². The van der Waals surface area contributed by atoms with Gasteiger partial charge in [-0.2, -0.15) is 0 Å². The molecule has 0 bridgehead atoms. The number of alkyl halides is 1. The Morgan fingerprint density at radius 2 is 2.22 bits per heavy atom. The number of hydrogen-bond acceptors (Lipinski definition) is 2. The Labute approximate surface area is 60.9 Å². The van der Waals surface area contributed by atoms with Gasteiger partial charge in [-0.3, -0.25) is 10.9 Å². The monoisotopic (exact) mass is 148 g/mol. The second-order valence-corrected chi connectivity index (χ2v) is 3.37. The van der Waals surface area contributed by atoms with Crippen LogP contribution < -0.4 is 10.9 Å². The van der Waals surface area contributed by atoms with Crippen LogP contribution in [0.25, 0.3) is 0 Å². The first-order valence-corrected chi connectivity index (χ1v) is 3.78. The molecule has 0 radical (unpaired) electrons. The van der Waals surface area contributed by atoms with Gasteiger partial charge in [-0.25, -0.2) is 0 Å². The van der Waals surface area contributed by atoms with Crippen LogP contribution in [0.3, 0.4) is 0 Å². The van der Waals surface area contributed by atoms with Gasteiger partial charge in [-0.1, -0.05) is 13.8 Å². The van der Waals surface area contributed by atoms with E-state index in [9.17, 15) is 0 Å². The summed E-state index contributed by atoms with van der Waals surface area (Å²) in [7, 11) is 0. The molecule has 54 valence electrons. The summed E-state index contributed by atoms with van der Waals surface area (Å²) in [6, 6.07) is 0.437. The quantitative estimate of drug-likeness (QED) is 0.536. The van der Waals surface area contributed by atoms with Crippen LogP contribution in [0.4, 0.5) is 0 Å². The minimum atomic E-state index is 0.255. The molecule has 0 aliphatic carbocycles. The molecule has 0 saturated carbocycles. The van der Waals surface area contributed by atoms with Gasteiger partial charge in [0.2, 0.25) is 0 Å². The van der Waals surface area contributed by atoms with Crippen molar-refractivity contribution in [3.8, 4) is 0 Å². The molecule has 0 aromatic heterocycles. The highest BCUT2D eigenvalue weighted by atomic mass is 35.5. The minimum Gasteiger partial charge on any atom is -0.256 e. The van der Waals surface area contributed by atoms with Crippen LogP contribution in [-0.2, 0) is 0 Å². The smallest absolute Gasteiger partial charge is 0.0643 e. The highest BCUT2D eigenvalue weighted by Gasteiger charge is 2.26. The molecular weight excluding hydrogens is 136 g/mol. The standard InChI is InChI=1S/C6H13ClN2/c1-4(2)6-5(7)3-8-9-6/h4-6,8-9H,3H2,1-2H3. The van der Waals surface area contributed by atoms with Gasteiger partial charge in [0.05, 0.1) is 5.38 Å². The van der Waals surface area contributed by atoms with E-state index >= 15 is 0 Å². The predicted molar refractivity (Wildman–Crippen MR) is 39.4 cm³/mol. The summed E-state index contributed by atoms with van der Waals surface area (Å²) in [6.45, 7) is 5.21. The molecule has 1 rings (SSSR count). The molecule has 2 unspecified atom stereocenters. The fourth-order valence-electron chi connectivity index (χ4n) is 1.08. The van der Waals surface area contributed by atoms with Crippen LogP contribution in [-0.4, -0.2) is 18.0 Å².